The molecule has 0 amide bonds. The van der Waals surface area contributed by atoms with E-state index in [2.05, 4.69) is 27.4 Å². The van der Waals surface area contributed by atoms with Crippen LogP contribution in [0.1, 0.15) is 90.4 Å². The van der Waals surface area contributed by atoms with Crippen LogP contribution in [0.25, 0.3) is 0 Å². The Kier molecular flexibility index (Phi) is 13.7. The third-order valence-electron chi connectivity index (χ3n) is 7.16. The molecule has 0 radical (unpaired) electrons. The van der Waals surface area contributed by atoms with E-state index >= 15 is 0 Å². The van der Waals surface area contributed by atoms with E-state index in [1.165, 1.54) is 116 Å². The van der Waals surface area contributed by atoms with Gasteiger partial charge in [-0.15, -0.1) is 24.0 Å². The molecular formula is C24H48IN5. The number of unbranched alkanes of at least 4 members (excludes halogenated alkanes) is 2. The monoisotopic (exact) mass is 533 g/mol. The van der Waals surface area contributed by atoms with E-state index in [4.69, 9.17) is 4.99 Å². The van der Waals surface area contributed by atoms with Crippen LogP contribution in [0.15, 0.2) is 4.99 Å². The Bertz CT molecular complexity index is 453. The molecule has 0 aromatic rings. The van der Waals surface area contributed by atoms with E-state index in [1.54, 1.807) is 0 Å². The fraction of sp³-hybridized carbons (Fsp3) is 0.958. The minimum absolute atomic E-state index is 0. The summed E-state index contributed by atoms with van der Waals surface area (Å²) in [5.74, 6) is 1.04. The zero-order chi connectivity index (χ0) is 20.2. The second-order valence-corrected chi connectivity index (χ2v) is 9.47. The minimum atomic E-state index is 0. The predicted molar refractivity (Wildman–Crippen MR) is 140 cm³/mol. The van der Waals surface area contributed by atoms with E-state index in [0.717, 1.165) is 25.1 Å². The maximum atomic E-state index is 4.87. The molecule has 6 heteroatoms. The summed E-state index contributed by atoms with van der Waals surface area (Å²) in [5.41, 5.74) is 0. The number of nitrogens with zero attached hydrogens (tertiary/aromatic N) is 3. The van der Waals surface area contributed by atoms with Gasteiger partial charge in [0.05, 0.1) is 0 Å². The van der Waals surface area contributed by atoms with Gasteiger partial charge in [-0.3, -0.25) is 4.99 Å². The average Bonchev–Trinajstić information content (AvgIpc) is 2.78. The number of hydrogen-bond donors (Lipinski definition) is 2. The van der Waals surface area contributed by atoms with Crippen molar-refractivity contribution in [3.63, 3.8) is 0 Å². The van der Waals surface area contributed by atoms with Crippen LogP contribution in [0.2, 0.25) is 0 Å². The molecule has 30 heavy (non-hydrogen) atoms. The number of rotatable bonds is 9. The summed E-state index contributed by atoms with van der Waals surface area (Å²) >= 11 is 0. The molecule has 0 spiro atoms. The molecule has 3 rings (SSSR count). The molecule has 5 nitrogen and oxygen atoms in total. The second-order valence-electron chi connectivity index (χ2n) is 9.47. The van der Waals surface area contributed by atoms with Crippen LogP contribution in [0.5, 0.6) is 0 Å². The predicted octanol–water partition coefficient (Wildman–Crippen LogP) is 4.61. The summed E-state index contributed by atoms with van der Waals surface area (Å²) in [6.07, 6.45) is 17.8. The molecule has 0 aromatic carbocycles. The standard InChI is InChI=1S/C24H47N5.HI/c1-2-25-24(26-16-8-4-9-17-28-18-10-5-11-19-28)27-22-14-20-29(21-15-22)23-12-6-3-7-13-23;/h22-23H,2-21H2,1H3,(H2,25,26,27);1H. The summed E-state index contributed by atoms with van der Waals surface area (Å²) in [4.78, 5) is 10.3. The van der Waals surface area contributed by atoms with Crippen molar-refractivity contribution < 1.29 is 0 Å². The largest absolute Gasteiger partial charge is 0.357 e. The van der Waals surface area contributed by atoms with Gasteiger partial charge in [-0.05, 0) is 77.9 Å². The summed E-state index contributed by atoms with van der Waals surface area (Å²) in [6.45, 7) is 10.5. The maximum absolute atomic E-state index is 4.87. The van der Waals surface area contributed by atoms with Crippen LogP contribution in [-0.4, -0.2) is 73.7 Å². The van der Waals surface area contributed by atoms with Gasteiger partial charge in [0, 0.05) is 38.3 Å². The van der Waals surface area contributed by atoms with Crippen LogP contribution < -0.4 is 10.6 Å². The molecular weight excluding hydrogens is 485 g/mol. The Labute approximate surface area is 203 Å². The van der Waals surface area contributed by atoms with E-state index in [0.29, 0.717) is 6.04 Å². The fourth-order valence-corrected chi connectivity index (χ4v) is 5.37. The maximum Gasteiger partial charge on any atom is 0.191 e. The minimum Gasteiger partial charge on any atom is -0.357 e. The summed E-state index contributed by atoms with van der Waals surface area (Å²) in [6, 6.07) is 1.46. The first kappa shape index (κ1) is 26.2. The molecule has 0 unspecified atom stereocenters. The normalized spacial score (nSPS) is 23.2. The average molecular weight is 534 g/mol. The lowest BCUT2D eigenvalue weighted by Crippen LogP contribution is -2.51. The molecule has 0 aromatic heterocycles. The van der Waals surface area contributed by atoms with Crippen LogP contribution in [0.4, 0.5) is 0 Å². The molecule has 2 saturated heterocycles. The van der Waals surface area contributed by atoms with Crippen molar-refractivity contribution in [3.05, 3.63) is 0 Å². The lowest BCUT2D eigenvalue weighted by atomic mass is 9.92. The van der Waals surface area contributed by atoms with Gasteiger partial charge in [-0.2, -0.15) is 0 Å². The van der Waals surface area contributed by atoms with Crippen molar-refractivity contribution in [1.82, 2.24) is 20.4 Å². The van der Waals surface area contributed by atoms with Gasteiger partial charge in [0.1, 0.15) is 0 Å². The number of aliphatic imine (C=N–C) groups is 1. The molecule has 3 fully saturated rings. The Morgan fingerprint density at radius 2 is 1.53 bits per heavy atom. The van der Waals surface area contributed by atoms with Gasteiger partial charge < -0.3 is 20.4 Å². The van der Waals surface area contributed by atoms with E-state index < -0.39 is 0 Å². The molecule has 0 atom stereocenters. The fourth-order valence-electron chi connectivity index (χ4n) is 5.37. The molecule has 2 aliphatic heterocycles. The van der Waals surface area contributed by atoms with Crippen LogP contribution in [-0.2, 0) is 0 Å². The van der Waals surface area contributed by atoms with Gasteiger partial charge >= 0.3 is 0 Å². The molecule has 0 bridgehead atoms. The van der Waals surface area contributed by atoms with Crippen molar-refractivity contribution >= 4 is 29.9 Å². The third kappa shape index (κ3) is 9.60. The van der Waals surface area contributed by atoms with Gasteiger partial charge in [-0.25, -0.2) is 0 Å². The van der Waals surface area contributed by atoms with Crippen LogP contribution in [0, 0.1) is 0 Å². The number of guanidine groups is 1. The van der Waals surface area contributed by atoms with Gasteiger partial charge in [0.25, 0.3) is 0 Å². The molecule has 1 saturated carbocycles. The lowest BCUT2D eigenvalue weighted by molar-refractivity contribution is 0.119. The summed E-state index contributed by atoms with van der Waals surface area (Å²) < 4.78 is 0. The van der Waals surface area contributed by atoms with Crippen molar-refractivity contribution in [1.29, 1.82) is 0 Å². The quantitative estimate of drug-likeness (QED) is 0.197. The van der Waals surface area contributed by atoms with E-state index in [9.17, 15) is 0 Å². The van der Waals surface area contributed by atoms with Gasteiger partial charge in [-0.1, -0.05) is 32.1 Å². The highest BCUT2D eigenvalue weighted by atomic mass is 127. The Hall–Kier alpha value is -0.0800. The highest BCUT2D eigenvalue weighted by molar-refractivity contribution is 14.0. The molecule has 2 N–H and O–H groups in total. The van der Waals surface area contributed by atoms with Gasteiger partial charge in [0.2, 0.25) is 0 Å². The number of piperidine rings is 2. The zero-order valence-electron chi connectivity index (χ0n) is 19.5. The van der Waals surface area contributed by atoms with Crippen molar-refractivity contribution in [2.75, 3.05) is 45.8 Å². The smallest absolute Gasteiger partial charge is 0.191 e. The molecule has 1 aliphatic carbocycles. The van der Waals surface area contributed by atoms with E-state index in [-0.39, 0.29) is 24.0 Å². The highest BCUT2D eigenvalue weighted by Gasteiger charge is 2.26. The number of hydrogen-bond acceptors (Lipinski definition) is 3. The second kappa shape index (κ2) is 15.7. The topological polar surface area (TPSA) is 42.9 Å². The lowest BCUT2D eigenvalue weighted by Gasteiger charge is -2.39. The summed E-state index contributed by atoms with van der Waals surface area (Å²) in [5, 5.41) is 7.19. The number of likely N-dealkylation sites (tertiary alicyclic amines) is 2. The Balaban J connectivity index is 0.00000320. The number of nitrogens with one attached hydrogen (secondary N) is 2. The number of halogens is 1. The van der Waals surface area contributed by atoms with Gasteiger partial charge in [0.15, 0.2) is 5.96 Å². The first-order valence-electron chi connectivity index (χ1n) is 12.9. The van der Waals surface area contributed by atoms with Crippen molar-refractivity contribution in [2.24, 2.45) is 4.99 Å². The summed E-state index contributed by atoms with van der Waals surface area (Å²) in [7, 11) is 0. The highest BCUT2D eigenvalue weighted by Crippen LogP contribution is 2.25. The Morgan fingerprint density at radius 3 is 2.23 bits per heavy atom. The molecule has 176 valence electrons. The third-order valence-corrected chi connectivity index (χ3v) is 7.16. The van der Waals surface area contributed by atoms with Crippen LogP contribution in [0.3, 0.4) is 0 Å². The molecule has 3 aliphatic rings. The van der Waals surface area contributed by atoms with Crippen molar-refractivity contribution in [3.8, 4) is 0 Å². The first-order valence-corrected chi connectivity index (χ1v) is 12.9. The Morgan fingerprint density at radius 1 is 0.833 bits per heavy atom. The SMILES string of the molecule is CCNC(=NCCCCCN1CCCCC1)NC1CCN(C2CCCCC2)CC1.I. The molecule has 2 heterocycles. The zero-order valence-corrected chi connectivity index (χ0v) is 21.9. The van der Waals surface area contributed by atoms with E-state index in [1.807, 2.05) is 0 Å². The van der Waals surface area contributed by atoms with Crippen molar-refractivity contribution in [2.45, 2.75) is 102 Å². The first-order chi connectivity index (χ1) is 14.3. The van der Waals surface area contributed by atoms with Crippen LogP contribution >= 0.6 is 24.0 Å².